The standard InChI is InChI=1S/C24H21ClN4O5S/c25-18-5-3-16(4-6-18)12-22(30)28(15-17-2-1-11-27-14-17)21-13-23(31)29(24(21)32)19-7-9-20(10-8-19)35(26,33)34/h1-11,14,21H,12-13,15H2,(H2,26,33,34). The molecule has 35 heavy (non-hydrogen) atoms. The number of hydrogen-bond donors (Lipinski definition) is 1. The predicted octanol–water partition coefficient (Wildman–Crippen LogP) is 2.29. The molecule has 2 heterocycles. The van der Waals surface area contributed by atoms with Gasteiger partial charge in [-0.15, -0.1) is 0 Å². The van der Waals surface area contributed by atoms with Crippen LogP contribution >= 0.6 is 11.6 Å². The van der Waals surface area contributed by atoms with Gasteiger partial charge in [-0.25, -0.2) is 18.5 Å². The molecule has 1 aliphatic rings. The lowest BCUT2D eigenvalue weighted by Gasteiger charge is -2.28. The molecule has 3 aromatic rings. The number of anilines is 1. The third-order valence-electron chi connectivity index (χ3n) is 5.59. The maximum Gasteiger partial charge on any atom is 0.257 e. The molecular formula is C24H21ClN4O5S. The van der Waals surface area contributed by atoms with Crippen molar-refractivity contribution in [1.82, 2.24) is 9.88 Å². The van der Waals surface area contributed by atoms with E-state index in [0.717, 1.165) is 4.90 Å². The molecule has 0 radical (unpaired) electrons. The van der Waals surface area contributed by atoms with E-state index in [0.29, 0.717) is 16.1 Å². The Morgan fingerprint density at radius 1 is 1.06 bits per heavy atom. The Kier molecular flexibility index (Phi) is 6.97. The molecule has 1 saturated heterocycles. The van der Waals surface area contributed by atoms with Crippen LogP contribution in [0.2, 0.25) is 5.02 Å². The average Bonchev–Trinajstić information content (AvgIpc) is 3.12. The van der Waals surface area contributed by atoms with E-state index in [4.69, 9.17) is 16.7 Å². The zero-order valence-corrected chi connectivity index (χ0v) is 19.9. The van der Waals surface area contributed by atoms with Crippen molar-refractivity contribution in [3.63, 3.8) is 0 Å². The van der Waals surface area contributed by atoms with Gasteiger partial charge in [0.1, 0.15) is 6.04 Å². The molecule has 2 N–H and O–H groups in total. The summed E-state index contributed by atoms with van der Waals surface area (Å²) in [7, 11) is -3.93. The Morgan fingerprint density at radius 3 is 2.34 bits per heavy atom. The SMILES string of the molecule is NS(=O)(=O)c1ccc(N2C(=O)CC(N(Cc3cccnc3)C(=O)Cc3ccc(Cl)cc3)C2=O)cc1. The Hall–Kier alpha value is -3.60. The van der Waals surface area contributed by atoms with Crippen molar-refractivity contribution in [3.8, 4) is 0 Å². The van der Waals surface area contributed by atoms with Gasteiger partial charge in [-0.05, 0) is 53.6 Å². The summed E-state index contributed by atoms with van der Waals surface area (Å²) in [4.78, 5) is 45.8. The maximum atomic E-state index is 13.4. The number of carbonyl (C=O) groups excluding carboxylic acids is 3. The van der Waals surface area contributed by atoms with E-state index in [1.807, 2.05) is 0 Å². The fourth-order valence-electron chi connectivity index (χ4n) is 3.85. The molecule has 1 unspecified atom stereocenters. The van der Waals surface area contributed by atoms with E-state index in [9.17, 15) is 22.8 Å². The Bertz CT molecular complexity index is 1360. The molecule has 9 nitrogen and oxygen atoms in total. The molecule has 1 atom stereocenters. The van der Waals surface area contributed by atoms with Crippen molar-refractivity contribution in [2.24, 2.45) is 5.14 Å². The van der Waals surface area contributed by atoms with Crippen LogP contribution in [-0.2, 0) is 37.4 Å². The first-order valence-corrected chi connectivity index (χ1v) is 12.5. The molecule has 0 saturated carbocycles. The second-order valence-corrected chi connectivity index (χ2v) is 10.0. The number of halogens is 1. The summed E-state index contributed by atoms with van der Waals surface area (Å²) in [5.41, 5.74) is 1.61. The molecule has 1 aromatic heterocycles. The van der Waals surface area contributed by atoms with Crippen LogP contribution in [0, 0.1) is 0 Å². The molecule has 0 aliphatic carbocycles. The quantitative estimate of drug-likeness (QED) is 0.483. The van der Waals surface area contributed by atoms with Gasteiger partial charge in [0.05, 0.1) is 23.4 Å². The molecule has 4 rings (SSSR count). The summed E-state index contributed by atoms with van der Waals surface area (Å²) in [5.74, 6) is -1.42. The Balaban J connectivity index is 1.62. The van der Waals surface area contributed by atoms with E-state index in [1.165, 1.54) is 29.2 Å². The van der Waals surface area contributed by atoms with Gasteiger partial charge in [-0.3, -0.25) is 19.4 Å². The Morgan fingerprint density at radius 2 is 1.74 bits per heavy atom. The predicted molar refractivity (Wildman–Crippen MR) is 129 cm³/mol. The van der Waals surface area contributed by atoms with E-state index in [2.05, 4.69) is 4.98 Å². The van der Waals surface area contributed by atoms with Crippen molar-refractivity contribution in [2.75, 3.05) is 4.90 Å². The lowest BCUT2D eigenvalue weighted by Crippen LogP contribution is -2.45. The number of benzene rings is 2. The third kappa shape index (κ3) is 5.56. The molecular weight excluding hydrogens is 492 g/mol. The van der Waals surface area contributed by atoms with Crippen LogP contribution in [0.1, 0.15) is 17.5 Å². The number of imide groups is 1. The number of sulfonamides is 1. The second-order valence-electron chi connectivity index (χ2n) is 8.01. The first kappa shape index (κ1) is 24.5. The normalized spacial score (nSPS) is 15.9. The smallest absolute Gasteiger partial charge is 0.257 e. The van der Waals surface area contributed by atoms with Gasteiger partial charge in [0.15, 0.2) is 0 Å². The summed E-state index contributed by atoms with van der Waals surface area (Å²) in [6.07, 6.45) is 3.00. The van der Waals surface area contributed by atoms with Gasteiger partial charge in [-0.2, -0.15) is 0 Å². The summed E-state index contributed by atoms with van der Waals surface area (Å²) >= 11 is 5.94. The van der Waals surface area contributed by atoms with Crippen LogP contribution in [0.5, 0.6) is 0 Å². The molecule has 0 bridgehead atoms. The highest BCUT2D eigenvalue weighted by molar-refractivity contribution is 7.89. The molecule has 11 heteroatoms. The number of hydrogen-bond acceptors (Lipinski definition) is 6. The number of nitrogens with two attached hydrogens (primary N) is 1. The van der Waals surface area contributed by atoms with Gasteiger partial charge in [-0.1, -0.05) is 29.8 Å². The van der Waals surface area contributed by atoms with E-state index >= 15 is 0 Å². The summed E-state index contributed by atoms with van der Waals surface area (Å²) in [5, 5.41) is 5.66. The minimum absolute atomic E-state index is 0.0124. The summed E-state index contributed by atoms with van der Waals surface area (Å²) in [6.45, 7) is 0.0855. The molecule has 1 aliphatic heterocycles. The fourth-order valence-corrected chi connectivity index (χ4v) is 4.50. The van der Waals surface area contributed by atoms with Crippen LogP contribution in [-0.4, -0.2) is 42.1 Å². The minimum Gasteiger partial charge on any atom is -0.325 e. The first-order chi connectivity index (χ1) is 16.6. The Labute approximate surface area is 207 Å². The van der Waals surface area contributed by atoms with Gasteiger partial charge in [0.2, 0.25) is 21.8 Å². The second kappa shape index (κ2) is 9.95. The van der Waals surface area contributed by atoms with Gasteiger partial charge in [0.25, 0.3) is 5.91 Å². The number of rotatable bonds is 7. The summed E-state index contributed by atoms with van der Waals surface area (Å²) < 4.78 is 23.1. The van der Waals surface area contributed by atoms with Crippen molar-refractivity contribution in [1.29, 1.82) is 0 Å². The highest BCUT2D eigenvalue weighted by Crippen LogP contribution is 2.28. The number of pyridine rings is 1. The van der Waals surface area contributed by atoms with E-state index in [1.54, 1.807) is 48.8 Å². The topological polar surface area (TPSA) is 131 Å². The fraction of sp³-hybridized carbons (Fsp3) is 0.167. The number of carbonyl (C=O) groups is 3. The average molecular weight is 513 g/mol. The van der Waals surface area contributed by atoms with Crippen LogP contribution in [0.15, 0.2) is 78.0 Å². The molecule has 0 spiro atoms. The zero-order valence-electron chi connectivity index (χ0n) is 18.4. The molecule has 2 aromatic carbocycles. The third-order valence-corrected chi connectivity index (χ3v) is 6.77. The number of aromatic nitrogens is 1. The van der Waals surface area contributed by atoms with Gasteiger partial charge in [0, 0.05) is 24.0 Å². The molecule has 3 amide bonds. The van der Waals surface area contributed by atoms with Crippen molar-refractivity contribution < 1.29 is 22.8 Å². The monoisotopic (exact) mass is 512 g/mol. The highest BCUT2D eigenvalue weighted by Gasteiger charge is 2.44. The number of primary sulfonamides is 1. The van der Waals surface area contributed by atoms with Crippen LogP contribution < -0.4 is 10.0 Å². The number of amides is 3. The van der Waals surface area contributed by atoms with Crippen molar-refractivity contribution in [3.05, 3.63) is 89.2 Å². The van der Waals surface area contributed by atoms with E-state index < -0.39 is 27.9 Å². The largest absolute Gasteiger partial charge is 0.325 e. The van der Waals surface area contributed by atoms with Crippen molar-refractivity contribution in [2.45, 2.75) is 30.3 Å². The van der Waals surface area contributed by atoms with Crippen LogP contribution in [0.3, 0.4) is 0 Å². The molecule has 1 fully saturated rings. The minimum atomic E-state index is -3.93. The molecule has 180 valence electrons. The van der Waals surface area contributed by atoms with Crippen LogP contribution in [0.25, 0.3) is 0 Å². The lowest BCUT2D eigenvalue weighted by molar-refractivity contribution is -0.138. The van der Waals surface area contributed by atoms with Gasteiger partial charge < -0.3 is 4.90 Å². The number of nitrogens with zero attached hydrogens (tertiary/aromatic N) is 3. The first-order valence-electron chi connectivity index (χ1n) is 10.6. The van der Waals surface area contributed by atoms with Crippen molar-refractivity contribution >= 4 is 45.0 Å². The maximum absolute atomic E-state index is 13.4. The van der Waals surface area contributed by atoms with Gasteiger partial charge >= 0.3 is 0 Å². The highest BCUT2D eigenvalue weighted by atomic mass is 35.5. The zero-order chi connectivity index (χ0) is 25.2. The van der Waals surface area contributed by atoms with Crippen LogP contribution in [0.4, 0.5) is 5.69 Å². The lowest BCUT2D eigenvalue weighted by atomic mass is 10.1. The van der Waals surface area contributed by atoms with E-state index in [-0.39, 0.29) is 35.9 Å². The summed E-state index contributed by atoms with van der Waals surface area (Å²) in [6, 6.07) is 14.4.